The van der Waals surface area contributed by atoms with Gasteiger partial charge in [0, 0.05) is 0 Å². The lowest BCUT2D eigenvalue weighted by Gasteiger charge is -2.23. The van der Waals surface area contributed by atoms with Crippen LogP contribution in [-0.4, -0.2) is 18.1 Å². The molecule has 0 amide bonds. The number of hydrogen-bond acceptors (Lipinski definition) is 6. The van der Waals surface area contributed by atoms with Gasteiger partial charge in [-0.25, -0.2) is 4.39 Å². The SMILES string of the molecule is CCOP(=O)(OCC)[C@@H](N)c1ccc(F)cc1[N+](=O)[O-]. The van der Waals surface area contributed by atoms with Crippen molar-refractivity contribution in [3.63, 3.8) is 0 Å². The summed E-state index contributed by atoms with van der Waals surface area (Å²) < 4.78 is 35.7. The highest BCUT2D eigenvalue weighted by atomic mass is 31.2. The Morgan fingerprint density at radius 3 is 2.40 bits per heavy atom. The van der Waals surface area contributed by atoms with Crippen LogP contribution in [0.4, 0.5) is 10.1 Å². The largest absolute Gasteiger partial charge is 0.351 e. The van der Waals surface area contributed by atoms with E-state index in [2.05, 4.69) is 0 Å². The van der Waals surface area contributed by atoms with Gasteiger partial charge in [-0.1, -0.05) is 0 Å². The van der Waals surface area contributed by atoms with Crippen LogP contribution >= 0.6 is 7.60 Å². The van der Waals surface area contributed by atoms with E-state index in [0.717, 1.165) is 18.2 Å². The van der Waals surface area contributed by atoms with Gasteiger partial charge in [-0.3, -0.25) is 14.7 Å². The average Bonchev–Trinajstić information content (AvgIpc) is 2.38. The molecule has 9 heteroatoms. The van der Waals surface area contributed by atoms with Crippen molar-refractivity contribution >= 4 is 13.3 Å². The molecule has 2 N–H and O–H groups in total. The van der Waals surface area contributed by atoms with Gasteiger partial charge in [-0.15, -0.1) is 0 Å². The molecule has 1 aromatic rings. The Morgan fingerprint density at radius 1 is 1.40 bits per heavy atom. The number of benzene rings is 1. The minimum absolute atomic E-state index is 0.0694. The van der Waals surface area contributed by atoms with Crippen molar-refractivity contribution in [3.8, 4) is 0 Å². The van der Waals surface area contributed by atoms with Crippen molar-refractivity contribution in [2.45, 2.75) is 19.6 Å². The van der Waals surface area contributed by atoms with Gasteiger partial charge in [0.05, 0.1) is 29.8 Å². The van der Waals surface area contributed by atoms with Crippen LogP contribution < -0.4 is 5.73 Å². The molecule has 0 fully saturated rings. The standard InChI is InChI=1S/C11H16FN2O5P/c1-3-18-20(17,19-4-2)11(13)9-6-5-8(12)7-10(9)14(15)16/h5-7,11H,3-4,13H2,1-2H3/t11-/m1/s1. The third-order valence-electron chi connectivity index (χ3n) is 2.47. The highest BCUT2D eigenvalue weighted by Gasteiger charge is 2.37. The van der Waals surface area contributed by atoms with E-state index in [1.165, 1.54) is 0 Å². The topological polar surface area (TPSA) is 105 Å². The highest BCUT2D eigenvalue weighted by Crippen LogP contribution is 2.59. The van der Waals surface area contributed by atoms with E-state index in [9.17, 15) is 19.1 Å². The molecular weight excluding hydrogens is 290 g/mol. The van der Waals surface area contributed by atoms with Crippen LogP contribution in [0, 0.1) is 15.9 Å². The van der Waals surface area contributed by atoms with E-state index in [1.807, 2.05) is 0 Å². The molecule has 1 rings (SSSR count). The van der Waals surface area contributed by atoms with Crippen molar-refractivity contribution in [3.05, 3.63) is 39.7 Å². The Balaban J connectivity index is 3.28. The Bertz CT molecular complexity index is 530. The summed E-state index contributed by atoms with van der Waals surface area (Å²) in [7, 11) is -3.76. The number of nitrogens with two attached hydrogens (primary N) is 1. The maximum Gasteiger partial charge on any atom is 0.351 e. The summed E-state index contributed by atoms with van der Waals surface area (Å²) in [5, 5.41) is 10.9. The molecule has 0 aliphatic heterocycles. The van der Waals surface area contributed by atoms with Crippen molar-refractivity contribution in [2.24, 2.45) is 5.73 Å². The number of rotatable bonds is 7. The third kappa shape index (κ3) is 3.61. The van der Waals surface area contributed by atoms with E-state index < -0.39 is 29.8 Å². The van der Waals surface area contributed by atoms with Gasteiger partial charge in [0.15, 0.2) is 0 Å². The molecule has 20 heavy (non-hydrogen) atoms. The minimum Gasteiger partial charge on any atom is -0.314 e. The first kappa shape index (κ1) is 16.7. The number of hydrogen-bond donors (Lipinski definition) is 1. The molecule has 0 radical (unpaired) electrons. The zero-order chi connectivity index (χ0) is 15.3. The van der Waals surface area contributed by atoms with Crippen LogP contribution in [0.15, 0.2) is 18.2 Å². The predicted octanol–water partition coefficient (Wildman–Crippen LogP) is 2.96. The molecule has 0 aliphatic rings. The Hall–Kier alpha value is -1.34. The fourth-order valence-corrected chi connectivity index (χ4v) is 3.33. The summed E-state index contributed by atoms with van der Waals surface area (Å²) >= 11 is 0. The van der Waals surface area contributed by atoms with Gasteiger partial charge in [-0.05, 0) is 26.0 Å². The Morgan fingerprint density at radius 2 is 1.95 bits per heavy atom. The third-order valence-corrected chi connectivity index (χ3v) is 4.66. The summed E-state index contributed by atoms with van der Waals surface area (Å²) in [5.41, 5.74) is 5.14. The Kier molecular flexibility index (Phi) is 5.76. The monoisotopic (exact) mass is 306 g/mol. The summed E-state index contributed by atoms with van der Waals surface area (Å²) in [5.74, 6) is -2.14. The maximum absolute atomic E-state index is 13.1. The molecule has 0 saturated heterocycles. The maximum atomic E-state index is 13.1. The number of nitrogens with zero attached hydrogens (tertiary/aromatic N) is 1. The molecule has 0 saturated carbocycles. The molecule has 112 valence electrons. The molecule has 1 aromatic carbocycles. The first-order chi connectivity index (χ1) is 9.35. The van der Waals surface area contributed by atoms with Crippen molar-refractivity contribution in [1.29, 1.82) is 0 Å². The zero-order valence-corrected chi connectivity index (χ0v) is 12.0. The van der Waals surface area contributed by atoms with Gasteiger partial charge in [0.1, 0.15) is 11.6 Å². The zero-order valence-electron chi connectivity index (χ0n) is 11.1. The van der Waals surface area contributed by atoms with Crippen molar-refractivity contribution in [2.75, 3.05) is 13.2 Å². The van der Waals surface area contributed by atoms with E-state index in [0.29, 0.717) is 0 Å². The first-order valence-corrected chi connectivity index (χ1v) is 7.55. The molecule has 0 heterocycles. The van der Waals surface area contributed by atoms with E-state index in [1.54, 1.807) is 13.8 Å². The lowest BCUT2D eigenvalue weighted by atomic mass is 10.2. The van der Waals surface area contributed by atoms with E-state index in [4.69, 9.17) is 14.8 Å². The van der Waals surface area contributed by atoms with Crippen LogP contribution in [0.25, 0.3) is 0 Å². The number of nitro groups is 1. The first-order valence-electron chi connectivity index (χ1n) is 5.94. The molecule has 0 aliphatic carbocycles. The normalized spacial score (nSPS) is 13.2. The Labute approximate surface area is 115 Å². The van der Waals surface area contributed by atoms with Crippen LogP contribution in [0.5, 0.6) is 0 Å². The quantitative estimate of drug-likeness (QED) is 0.471. The summed E-state index contributed by atoms with van der Waals surface area (Å²) in [6.45, 7) is 3.33. The van der Waals surface area contributed by atoms with Crippen LogP contribution in [-0.2, 0) is 13.6 Å². The van der Waals surface area contributed by atoms with Crippen molar-refractivity contribution < 1.29 is 22.9 Å². The summed E-state index contributed by atoms with van der Waals surface area (Å²) in [4.78, 5) is 10.1. The summed E-state index contributed by atoms with van der Waals surface area (Å²) in [6, 6.07) is 2.84. The number of nitro benzene ring substituents is 1. The second-order valence-electron chi connectivity index (χ2n) is 3.78. The lowest BCUT2D eigenvalue weighted by molar-refractivity contribution is -0.385. The van der Waals surface area contributed by atoms with Gasteiger partial charge in [0.25, 0.3) is 5.69 Å². The smallest absolute Gasteiger partial charge is 0.314 e. The number of halogens is 1. The summed E-state index contributed by atoms with van der Waals surface area (Å²) in [6.07, 6.45) is 0. The lowest BCUT2D eigenvalue weighted by Crippen LogP contribution is -2.16. The highest BCUT2D eigenvalue weighted by molar-refractivity contribution is 7.54. The van der Waals surface area contributed by atoms with Gasteiger partial charge in [0.2, 0.25) is 0 Å². The van der Waals surface area contributed by atoms with Gasteiger partial charge < -0.3 is 14.8 Å². The molecular formula is C11H16FN2O5P. The van der Waals surface area contributed by atoms with Crippen molar-refractivity contribution in [1.82, 2.24) is 0 Å². The predicted molar refractivity (Wildman–Crippen MR) is 70.8 cm³/mol. The van der Waals surface area contributed by atoms with Crippen LogP contribution in [0.1, 0.15) is 25.2 Å². The van der Waals surface area contributed by atoms with Gasteiger partial charge >= 0.3 is 7.60 Å². The second kappa shape index (κ2) is 6.90. The van der Waals surface area contributed by atoms with E-state index in [-0.39, 0.29) is 18.8 Å². The second-order valence-corrected chi connectivity index (χ2v) is 5.93. The van der Waals surface area contributed by atoms with E-state index >= 15 is 0 Å². The fraction of sp³-hybridized carbons (Fsp3) is 0.455. The molecule has 0 spiro atoms. The molecule has 0 unspecified atom stereocenters. The van der Waals surface area contributed by atoms with Crippen LogP contribution in [0.3, 0.4) is 0 Å². The minimum atomic E-state index is -3.76. The van der Waals surface area contributed by atoms with Crippen LogP contribution in [0.2, 0.25) is 0 Å². The average molecular weight is 306 g/mol. The molecule has 7 nitrogen and oxygen atoms in total. The molecule has 0 aromatic heterocycles. The molecule has 0 bridgehead atoms. The fourth-order valence-electron chi connectivity index (χ4n) is 1.65. The molecule has 1 atom stereocenters. The van der Waals surface area contributed by atoms with Gasteiger partial charge in [-0.2, -0.15) is 0 Å².